The zero-order valence-corrected chi connectivity index (χ0v) is 8.67. The van der Waals surface area contributed by atoms with Crippen LogP contribution >= 0.6 is 0 Å². The highest BCUT2D eigenvalue weighted by atomic mass is 16.4. The smallest absolute Gasteiger partial charge is 0.335 e. The summed E-state index contributed by atoms with van der Waals surface area (Å²) in [5.74, 6) is -1.36. The molecular formula is C10H11NO5. The van der Waals surface area contributed by atoms with E-state index in [2.05, 4.69) is 4.42 Å². The van der Waals surface area contributed by atoms with Crippen LogP contribution in [-0.4, -0.2) is 35.5 Å². The van der Waals surface area contributed by atoms with Crippen LogP contribution in [0.2, 0.25) is 0 Å². The molecule has 6 nitrogen and oxygen atoms in total. The summed E-state index contributed by atoms with van der Waals surface area (Å²) in [6.07, 6.45) is 0.932. The maximum absolute atomic E-state index is 11.6. The van der Waals surface area contributed by atoms with Crippen LogP contribution in [0.15, 0.2) is 27.6 Å². The van der Waals surface area contributed by atoms with Crippen molar-refractivity contribution in [2.45, 2.75) is 6.42 Å². The molecule has 0 atom stereocenters. The second-order valence-electron chi connectivity index (χ2n) is 3.21. The minimum atomic E-state index is -0.973. The Morgan fingerprint density at radius 3 is 2.62 bits per heavy atom. The first-order valence-electron chi connectivity index (χ1n) is 4.57. The number of carboxylic acids is 1. The van der Waals surface area contributed by atoms with Crippen molar-refractivity contribution in [3.05, 3.63) is 34.4 Å². The Morgan fingerprint density at radius 1 is 1.44 bits per heavy atom. The first-order chi connectivity index (χ1) is 7.50. The third-order valence-corrected chi connectivity index (χ3v) is 1.96. The quantitative estimate of drug-likeness (QED) is 0.790. The van der Waals surface area contributed by atoms with Crippen LogP contribution in [0.1, 0.15) is 16.8 Å². The third-order valence-electron chi connectivity index (χ3n) is 1.96. The molecule has 0 aliphatic heterocycles. The Hall–Kier alpha value is -2.11. The van der Waals surface area contributed by atoms with Crippen molar-refractivity contribution in [3.8, 4) is 0 Å². The molecule has 0 fully saturated rings. The molecule has 0 saturated carbocycles. The fourth-order valence-electron chi connectivity index (χ4n) is 1.06. The summed E-state index contributed by atoms with van der Waals surface area (Å²) in [7, 11) is 1.48. The van der Waals surface area contributed by atoms with Gasteiger partial charge in [-0.3, -0.25) is 9.59 Å². The van der Waals surface area contributed by atoms with Crippen molar-refractivity contribution in [1.29, 1.82) is 0 Å². The standard InChI is InChI=1S/C10H11NO5/c1-11(5-4-8(12)13)10(15)7-2-3-9(14)16-6-7/h2-3,6H,4-5H2,1H3,(H,12,13). The average Bonchev–Trinajstić information content (AvgIpc) is 2.26. The number of hydrogen-bond donors (Lipinski definition) is 1. The highest BCUT2D eigenvalue weighted by Gasteiger charge is 2.13. The van der Waals surface area contributed by atoms with Gasteiger partial charge in [-0.15, -0.1) is 0 Å². The van der Waals surface area contributed by atoms with Gasteiger partial charge in [-0.1, -0.05) is 0 Å². The molecule has 1 aromatic rings. The lowest BCUT2D eigenvalue weighted by molar-refractivity contribution is -0.137. The lowest BCUT2D eigenvalue weighted by Gasteiger charge is -2.15. The van der Waals surface area contributed by atoms with Gasteiger partial charge < -0.3 is 14.4 Å². The number of carbonyl (C=O) groups excluding carboxylic acids is 1. The molecule has 0 aliphatic carbocycles. The fourth-order valence-corrected chi connectivity index (χ4v) is 1.06. The lowest BCUT2D eigenvalue weighted by Crippen LogP contribution is -2.29. The minimum Gasteiger partial charge on any atom is -0.481 e. The molecule has 0 aromatic carbocycles. The summed E-state index contributed by atoms with van der Waals surface area (Å²) >= 11 is 0. The van der Waals surface area contributed by atoms with Gasteiger partial charge in [0.05, 0.1) is 12.0 Å². The van der Waals surface area contributed by atoms with Crippen LogP contribution in [0, 0.1) is 0 Å². The molecule has 0 bridgehead atoms. The van der Waals surface area contributed by atoms with E-state index in [1.54, 1.807) is 0 Å². The molecule has 16 heavy (non-hydrogen) atoms. The predicted octanol–water partition coefficient (Wildman–Crippen LogP) is 0.186. The minimum absolute atomic E-state index is 0.104. The van der Waals surface area contributed by atoms with Gasteiger partial charge >= 0.3 is 11.6 Å². The van der Waals surface area contributed by atoms with E-state index in [1.807, 2.05) is 0 Å². The topological polar surface area (TPSA) is 87.8 Å². The molecular weight excluding hydrogens is 214 g/mol. The molecule has 1 N–H and O–H groups in total. The number of nitrogens with zero attached hydrogens (tertiary/aromatic N) is 1. The van der Waals surface area contributed by atoms with E-state index in [0.29, 0.717) is 0 Å². The molecule has 0 unspecified atom stereocenters. The first kappa shape index (κ1) is 12.0. The maximum atomic E-state index is 11.6. The molecule has 0 spiro atoms. The number of amides is 1. The summed E-state index contributed by atoms with van der Waals surface area (Å²) in [6, 6.07) is 2.48. The number of hydrogen-bond acceptors (Lipinski definition) is 4. The largest absolute Gasteiger partial charge is 0.481 e. The Kier molecular flexibility index (Phi) is 3.82. The van der Waals surface area contributed by atoms with Crippen LogP contribution in [0.5, 0.6) is 0 Å². The zero-order valence-electron chi connectivity index (χ0n) is 8.67. The van der Waals surface area contributed by atoms with Crippen molar-refractivity contribution < 1.29 is 19.1 Å². The van der Waals surface area contributed by atoms with Gasteiger partial charge in [-0.05, 0) is 6.07 Å². The number of rotatable bonds is 4. The number of aliphatic carboxylic acids is 1. The van der Waals surface area contributed by atoms with E-state index in [1.165, 1.54) is 18.0 Å². The van der Waals surface area contributed by atoms with Gasteiger partial charge in [-0.25, -0.2) is 4.79 Å². The van der Waals surface area contributed by atoms with Gasteiger partial charge in [-0.2, -0.15) is 0 Å². The van der Waals surface area contributed by atoms with Crippen molar-refractivity contribution in [2.75, 3.05) is 13.6 Å². The molecule has 6 heteroatoms. The zero-order chi connectivity index (χ0) is 12.1. The number of carboxylic acid groups (broad SMARTS) is 1. The molecule has 86 valence electrons. The first-order valence-corrected chi connectivity index (χ1v) is 4.57. The van der Waals surface area contributed by atoms with Gasteiger partial charge in [0.2, 0.25) is 0 Å². The normalized spacial score (nSPS) is 9.81. The van der Waals surface area contributed by atoms with E-state index in [9.17, 15) is 14.4 Å². The lowest BCUT2D eigenvalue weighted by atomic mass is 10.2. The summed E-state index contributed by atoms with van der Waals surface area (Å²) < 4.78 is 4.54. The van der Waals surface area contributed by atoms with Crippen LogP contribution < -0.4 is 5.63 Å². The molecule has 1 heterocycles. The van der Waals surface area contributed by atoms with E-state index in [0.717, 1.165) is 12.3 Å². The molecule has 0 saturated heterocycles. The van der Waals surface area contributed by atoms with Crippen LogP contribution in [0.25, 0.3) is 0 Å². The highest BCUT2D eigenvalue weighted by Crippen LogP contribution is 2.01. The van der Waals surface area contributed by atoms with Crippen molar-refractivity contribution >= 4 is 11.9 Å². The molecule has 0 radical (unpaired) electrons. The molecule has 1 amide bonds. The van der Waals surface area contributed by atoms with Gasteiger partial charge in [0, 0.05) is 19.7 Å². The Labute approximate surface area is 91.1 Å². The second-order valence-corrected chi connectivity index (χ2v) is 3.21. The van der Waals surface area contributed by atoms with Gasteiger partial charge in [0.1, 0.15) is 6.26 Å². The van der Waals surface area contributed by atoms with E-state index in [-0.39, 0.29) is 24.4 Å². The summed E-state index contributed by atoms with van der Waals surface area (Å²) in [5, 5.41) is 8.45. The van der Waals surface area contributed by atoms with Crippen molar-refractivity contribution in [1.82, 2.24) is 4.90 Å². The summed E-state index contributed by atoms with van der Waals surface area (Å²) in [5.41, 5.74) is -0.322. The third kappa shape index (κ3) is 3.23. The SMILES string of the molecule is CN(CCC(=O)O)C(=O)c1ccc(=O)oc1. The second kappa shape index (κ2) is 5.11. The van der Waals surface area contributed by atoms with E-state index >= 15 is 0 Å². The Balaban J connectivity index is 2.66. The number of carbonyl (C=O) groups is 2. The van der Waals surface area contributed by atoms with Crippen LogP contribution in [-0.2, 0) is 4.79 Å². The molecule has 1 rings (SSSR count). The monoisotopic (exact) mass is 225 g/mol. The average molecular weight is 225 g/mol. The molecule has 1 aromatic heterocycles. The van der Waals surface area contributed by atoms with E-state index in [4.69, 9.17) is 5.11 Å². The summed E-state index contributed by atoms with van der Waals surface area (Å²) in [6.45, 7) is 0.104. The summed E-state index contributed by atoms with van der Waals surface area (Å²) in [4.78, 5) is 33.9. The van der Waals surface area contributed by atoms with E-state index < -0.39 is 11.6 Å². The maximum Gasteiger partial charge on any atom is 0.335 e. The van der Waals surface area contributed by atoms with Crippen LogP contribution in [0.3, 0.4) is 0 Å². The van der Waals surface area contributed by atoms with Gasteiger partial charge in [0.25, 0.3) is 5.91 Å². The van der Waals surface area contributed by atoms with Crippen molar-refractivity contribution in [2.24, 2.45) is 0 Å². The predicted molar refractivity (Wildman–Crippen MR) is 54.2 cm³/mol. The van der Waals surface area contributed by atoms with Crippen LogP contribution in [0.4, 0.5) is 0 Å². The Morgan fingerprint density at radius 2 is 2.12 bits per heavy atom. The highest BCUT2D eigenvalue weighted by molar-refractivity contribution is 5.93. The fraction of sp³-hybridized carbons (Fsp3) is 0.300. The van der Waals surface area contributed by atoms with Crippen molar-refractivity contribution in [3.63, 3.8) is 0 Å². The van der Waals surface area contributed by atoms with Gasteiger partial charge in [0.15, 0.2) is 0 Å². The Bertz CT molecular complexity index is 430. The molecule has 0 aliphatic rings.